The maximum Gasteiger partial charge on any atom is 0.174 e. The molecule has 0 spiro atoms. The standard InChI is InChI=1S/C15H11ClF2O2/c1-20-14-4-2-3-11(17)15(14)13(19)7-9-5-6-10(16)8-12(9)18/h2-6,8H,7H2,1H3. The van der Waals surface area contributed by atoms with Crippen molar-refractivity contribution < 1.29 is 18.3 Å². The summed E-state index contributed by atoms with van der Waals surface area (Å²) in [5, 5.41) is 0.238. The van der Waals surface area contributed by atoms with Crippen LogP contribution in [-0.4, -0.2) is 12.9 Å². The molecule has 20 heavy (non-hydrogen) atoms. The molecule has 2 rings (SSSR count). The number of ether oxygens (including phenoxy) is 1. The number of carbonyl (C=O) groups is 1. The maximum atomic E-state index is 13.7. The lowest BCUT2D eigenvalue weighted by Gasteiger charge is -2.09. The van der Waals surface area contributed by atoms with Crippen LogP contribution in [-0.2, 0) is 6.42 Å². The van der Waals surface area contributed by atoms with Crippen LogP contribution >= 0.6 is 11.6 Å². The Balaban J connectivity index is 2.33. The summed E-state index contributed by atoms with van der Waals surface area (Å²) < 4.78 is 32.3. The van der Waals surface area contributed by atoms with Gasteiger partial charge in [-0.05, 0) is 29.8 Å². The summed E-state index contributed by atoms with van der Waals surface area (Å²) >= 11 is 5.64. The van der Waals surface area contributed by atoms with Crippen LogP contribution in [0.2, 0.25) is 5.02 Å². The van der Waals surface area contributed by atoms with Crippen LogP contribution in [0.4, 0.5) is 8.78 Å². The number of ketones is 1. The van der Waals surface area contributed by atoms with Crippen LogP contribution in [0.25, 0.3) is 0 Å². The quantitative estimate of drug-likeness (QED) is 0.796. The fourth-order valence-corrected chi connectivity index (χ4v) is 2.03. The molecule has 0 aliphatic rings. The molecule has 0 radical (unpaired) electrons. The topological polar surface area (TPSA) is 26.3 Å². The summed E-state index contributed by atoms with van der Waals surface area (Å²) in [5.74, 6) is -1.71. The Bertz CT molecular complexity index is 656. The summed E-state index contributed by atoms with van der Waals surface area (Å²) in [4.78, 5) is 12.1. The molecule has 2 aromatic rings. The monoisotopic (exact) mass is 296 g/mol. The van der Waals surface area contributed by atoms with E-state index >= 15 is 0 Å². The molecule has 0 saturated carbocycles. The van der Waals surface area contributed by atoms with E-state index in [1.165, 1.54) is 31.4 Å². The third-order valence-corrected chi connectivity index (χ3v) is 3.08. The third-order valence-electron chi connectivity index (χ3n) is 2.84. The second-order valence-corrected chi connectivity index (χ2v) is 4.59. The van der Waals surface area contributed by atoms with E-state index in [4.69, 9.17) is 16.3 Å². The van der Waals surface area contributed by atoms with Gasteiger partial charge in [-0.15, -0.1) is 0 Å². The first-order valence-corrected chi connectivity index (χ1v) is 6.20. The first-order valence-electron chi connectivity index (χ1n) is 5.82. The van der Waals surface area contributed by atoms with Crippen LogP contribution < -0.4 is 4.74 Å². The van der Waals surface area contributed by atoms with Crippen LogP contribution in [0.3, 0.4) is 0 Å². The normalized spacial score (nSPS) is 10.4. The molecule has 0 N–H and O–H groups in total. The van der Waals surface area contributed by atoms with Crippen molar-refractivity contribution in [1.82, 2.24) is 0 Å². The van der Waals surface area contributed by atoms with Crippen molar-refractivity contribution in [3.63, 3.8) is 0 Å². The summed E-state index contributed by atoms with van der Waals surface area (Å²) in [6.07, 6.45) is -0.264. The fraction of sp³-hybridized carbons (Fsp3) is 0.133. The van der Waals surface area contributed by atoms with Gasteiger partial charge in [0, 0.05) is 11.4 Å². The molecule has 0 saturated heterocycles. The summed E-state index contributed by atoms with van der Waals surface area (Å²) in [5.41, 5.74) is -0.0194. The molecule has 0 atom stereocenters. The molecule has 5 heteroatoms. The summed E-state index contributed by atoms with van der Waals surface area (Å²) in [6, 6.07) is 8.08. The van der Waals surface area contributed by atoms with E-state index < -0.39 is 17.4 Å². The van der Waals surface area contributed by atoms with Crippen molar-refractivity contribution in [3.05, 3.63) is 64.2 Å². The van der Waals surface area contributed by atoms with E-state index in [2.05, 4.69) is 0 Å². The largest absolute Gasteiger partial charge is 0.496 e. The van der Waals surface area contributed by atoms with Gasteiger partial charge >= 0.3 is 0 Å². The molecule has 0 aliphatic carbocycles. The molecule has 2 nitrogen and oxygen atoms in total. The van der Waals surface area contributed by atoms with E-state index in [0.717, 1.165) is 12.1 Å². The van der Waals surface area contributed by atoms with Crippen molar-refractivity contribution in [2.24, 2.45) is 0 Å². The molecule has 104 valence electrons. The smallest absolute Gasteiger partial charge is 0.174 e. The number of hydrogen-bond donors (Lipinski definition) is 0. The molecular weight excluding hydrogens is 286 g/mol. The Kier molecular flexibility index (Phi) is 4.35. The summed E-state index contributed by atoms with van der Waals surface area (Å²) in [7, 11) is 1.34. The van der Waals surface area contributed by atoms with Gasteiger partial charge < -0.3 is 4.74 Å². The molecule has 0 bridgehead atoms. The molecular formula is C15H11ClF2O2. The highest BCUT2D eigenvalue weighted by Crippen LogP contribution is 2.24. The van der Waals surface area contributed by atoms with Crippen molar-refractivity contribution in [1.29, 1.82) is 0 Å². The minimum absolute atomic E-state index is 0.129. The first-order chi connectivity index (χ1) is 9.52. The number of Topliss-reactive ketones (excluding diaryl/α,β-unsaturated/α-hetero) is 1. The van der Waals surface area contributed by atoms with Gasteiger partial charge in [-0.1, -0.05) is 23.7 Å². The van der Waals surface area contributed by atoms with E-state index in [-0.39, 0.29) is 28.3 Å². The minimum Gasteiger partial charge on any atom is -0.496 e. The molecule has 0 amide bonds. The van der Waals surface area contributed by atoms with Crippen LogP contribution in [0.15, 0.2) is 36.4 Å². The van der Waals surface area contributed by atoms with Crippen molar-refractivity contribution >= 4 is 17.4 Å². The Morgan fingerprint density at radius 3 is 2.60 bits per heavy atom. The number of halogens is 3. The van der Waals surface area contributed by atoms with Gasteiger partial charge in [0.05, 0.1) is 12.7 Å². The van der Waals surface area contributed by atoms with Gasteiger partial charge in [0.1, 0.15) is 17.4 Å². The zero-order chi connectivity index (χ0) is 14.7. The minimum atomic E-state index is -0.691. The highest BCUT2D eigenvalue weighted by atomic mass is 35.5. The van der Waals surface area contributed by atoms with Crippen molar-refractivity contribution in [3.8, 4) is 5.75 Å². The summed E-state index contributed by atoms with van der Waals surface area (Å²) in [6.45, 7) is 0. The maximum absolute atomic E-state index is 13.7. The van der Waals surface area contributed by atoms with Gasteiger partial charge in [-0.3, -0.25) is 4.79 Å². The van der Waals surface area contributed by atoms with Gasteiger partial charge in [0.25, 0.3) is 0 Å². The zero-order valence-corrected chi connectivity index (χ0v) is 11.4. The molecule has 0 aliphatic heterocycles. The van der Waals surface area contributed by atoms with E-state index in [0.29, 0.717) is 0 Å². The second-order valence-electron chi connectivity index (χ2n) is 4.15. The van der Waals surface area contributed by atoms with Crippen LogP contribution in [0.1, 0.15) is 15.9 Å². The van der Waals surface area contributed by atoms with Gasteiger partial charge in [-0.25, -0.2) is 8.78 Å². The van der Waals surface area contributed by atoms with E-state index in [1.54, 1.807) is 0 Å². The second kappa shape index (κ2) is 6.01. The molecule has 0 fully saturated rings. The average Bonchev–Trinajstić information content (AvgIpc) is 2.41. The van der Waals surface area contributed by atoms with Crippen LogP contribution in [0.5, 0.6) is 5.75 Å². The van der Waals surface area contributed by atoms with E-state index in [1.807, 2.05) is 0 Å². The number of benzene rings is 2. The average molecular weight is 297 g/mol. The number of hydrogen-bond acceptors (Lipinski definition) is 2. The predicted molar refractivity (Wildman–Crippen MR) is 72.4 cm³/mol. The lowest BCUT2D eigenvalue weighted by molar-refractivity contribution is 0.0984. The number of rotatable bonds is 4. The highest BCUT2D eigenvalue weighted by molar-refractivity contribution is 6.30. The van der Waals surface area contributed by atoms with Crippen molar-refractivity contribution in [2.45, 2.75) is 6.42 Å². The molecule has 0 aromatic heterocycles. The van der Waals surface area contributed by atoms with Gasteiger partial charge in [-0.2, -0.15) is 0 Å². The number of methoxy groups -OCH3 is 1. The Morgan fingerprint density at radius 1 is 1.20 bits per heavy atom. The van der Waals surface area contributed by atoms with Crippen LogP contribution in [0, 0.1) is 11.6 Å². The third kappa shape index (κ3) is 2.96. The zero-order valence-electron chi connectivity index (χ0n) is 10.6. The molecule has 0 unspecified atom stereocenters. The number of carbonyl (C=O) groups excluding carboxylic acids is 1. The SMILES string of the molecule is COc1cccc(F)c1C(=O)Cc1ccc(Cl)cc1F. The fourth-order valence-electron chi connectivity index (χ4n) is 1.87. The Morgan fingerprint density at radius 2 is 1.95 bits per heavy atom. The van der Waals surface area contributed by atoms with Gasteiger partial charge in [0.2, 0.25) is 0 Å². The lowest BCUT2D eigenvalue weighted by atomic mass is 10.0. The Hall–Kier alpha value is -1.94. The predicted octanol–water partition coefficient (Wildman–Crippen LogP) is 4.05. The van der Waals surface area contributed by atoms with E-state index in [9.17, 15) is 13.6 Å². The highest BCUT2D eigenvalue weighted by Gasteiger charge is 2.19. The first kappa shape index (κ1) is 14.5. The van der Waals surface area contributed by atoms with Gasteiger partial charge in [0.15, 0.2) is 5.78 Å². The van der Waals surface area contributed by atoms with Crippen molar-refractivity contribution in [2.75, 3.05) is 7.11 Å². The Labute approximate surface area is 119 Å². The lowest BCUT2D eigenvalue weighted by Crippen LogP contribution is -2.09. The molecule has 2 aromatic carbocycles. The molecule has 0 heterocycles.